The average Bonchev–Trinajstić information content (AvgIpc) is 2.77. The summed E-state index contributed by atoms with van der Waals surface area (Å²) in [4.78, 5) is 82.6. The van der Waals surface area contributed by atoms with Crippen LogP contribution in [0.3, 0.4) is 0 Å². The minimum Gasteiger partial charge on any atom is -0.481 e. The molecular weight excluding hydrogens is 482 g/mol. The Morgan fingerprint density at radius 2 is 1.19 bits per heavy atom. The third kappa shape index (κ3) is 13.8. The number of nitrogens with two attached hydrogens (primary N) is 4. The van der Waals surface area contributed by atoms with Gasteiger partial charge in [0.15, 0.2) is 0 Å². The van der Waals surface area contributed by atoms with Crippen LogP contribution in [0.15, 0.2) is 0 Å². The van der Waals surface area contributed by atoms with Crippen molar-refractivity contribution >= 4 is 41.5 Å². The summed E-state index contributed by atoms with van der Waals surface area (Å²) in [7, 11) is 0. The smallest absolute Gasteiger partial charge is 0.326 e. The normalized spacial score (nSPS) is 13.9. The fourth-order valence-electron chi connectivity index (χ4n) is 2.95. The highest BCUT2D eigenvalue weighted by atomic mass is 16.4. The van der Waals surface area contributed by atoms with E-state index < -0.39 is 78.5 Å². The van der Waals surface area contributed by atoms with Crippen LogP contribution in [0.1, 0.15) is 51.4 Å². The molecule has 0 heterocycles. The first kappa shape index (κ1) is 32.2. The van der Waals surface area contributed by atoms with Crippen molar-refractivity contribution in [2.45, 2.75) is 75.5 Å². The van der Waals surface area contributed by atoms with Crippen molar-refractivity contribution in [2.24, 2.45) is 22.9 Å². The van der Waals surface area contributed by atoms with E-state index in [9.17, 15) is 38.7 Å². The molecule has 13 N–H and O–H groups in total. The van der Waals surface area contributed by atoms with Gasteiger partial charge in [-0.1, -0.05) is 6.42 Å². The van der Waals surface area contributed by atoms with Gasteiger partial charge in [0.05, 0.1) is 12.5 Å². The van der Waals surface area contributed by atoms with E-state index in [1.54, 1.807) is 0 Å². The van der Waals surface area contributed by atoms with E-state index in [4.69, 9.17) is 28.0 Å². The van der Waals surface area contributed by atoms with Crippen LogP contribution in [0, 0.1) is 0 Å². The Morgan fingerprint density at radius 1 is 0.667 bits per heavy atom. The topological polar surface area (TPSA) is 300 Å². The fraction of sp³-hybridized carbons (Fsp3) is 0.650. The Kier molecular flexibility index (Phi) is 15.0. The summed E-state index contributed by atoms with van der Waals surface area (Å²) in [6.07, 6.45) is -0.941. The maximum absolute atomic E-state index is 12.8. The lowest BCUT2D eigenvalue weighted by atomic mass is 10.1. The molecule has 204 valence electrons. The zero-order valence-electron chi connectivity index (χ0n) is 19.7. The van der Waals surface area contributed by atoms with Crippen LogP contribution in [0.4, 0.5) is 0 Å². The second-order valence-electron chi connectivity index (χ2n) is 8.02. The van der Waals surface area contributed by atoms with E-state index >= 15 is 0 Å². The van der Waals surface area contributed by atoms with Crippen molar-refractivity contribution in [2.75, 3.05) is 6.54 Å². The summed E-state index contributed by atoms with van der Waals surface area (Å²) in [6.45, 7) is 0.395. The predicted octanol–water partition coefficient (Wildman–Crippen LogP) is -4.01. The van der Waals surface area contributed by atoms with Gasteiger partial charge < -0.3 is 49.1 Å². The van der Waals surface area contributed by atoms with E-state index in [-0.39, 0.29) is 25.7 Å². The molecule has 0 aliphatic carbocycles. The summed E-state index contributed by atoms with van der Waals surface area (Å²) in [5, 5.41) is 24.8. The summed E-state index contributed by atoms with van der Waals surface area (Å²) in [5.41, 5.74) is 21.3. The molecule has 0 aliphatic heterocycles. The zero-order valence-corrected chi connectivity index (χ0v) is 19.7. The van der Waals surface area contributed by atoms with E-state index in [1.807, 2.05) is 0 Å². The molecule has 16 heteroatoms. The van der Waals surface area contributed by atoms with Gasteiger partial charge in [0.25, 0.3) is 0 Å². The number of primary amides is 2. The molecule has 5 amide bonds. The van der Waals surface area contributed by atoms with Crippen LogP contribution >= 0.6 is 0 Å². The van der Waals surface area contributed by atoms with Gasteiger partial charge >= 0.3 is 11.9 Å². The summed E-state index contributed by atoms with van der Waals surface area (Å²) < 4.78 is 0. The maximum atomic E-state index is 12.8. The Hall–Kier alpha value is -3.79. The molecule has 0 aliphatic rings. The van der Waals surface area contributed by atoms with Crippen molar-refractivity contribution < 1.29 is 43.8 Å². The first-order chi connectivity index (χ1) is 16.8. The highest BCUT2D eigenvalue weighted by molar-refractivity contribution is 5.96. The lowest BCUT2D eigenvalue weighted by molar-refractivity contribution is -0.142. The standard InChI is InChI=1S/C20H35N7O9/c21-8-2-1-3-10(22)17(32)25-11(5-7-16(30)31)18(33)27-13(9-15(24)29)19(34)26-12(20(35)36)4-6-14(23)28/h10-13H,1-9,21-22H2,(H2,23,28)(H2,24,29)(H,25,32)(H,26,34)(H,27,33)(H,30,31)(H,35,36). The molecule has 36 heavy (non-hydrogen) atoms. The van der Waals surface area contributed by atoms with Gasteiger partial charge in [0.1, 0.15) is 18.1 Å². The van der Waals surface area contributed by atoms with Gasteiger partial charge in [0, 0.05) is 12.8 Å². The third-order valence-electron chi connectivity index (χ3n) is 4.92. The van der Waals surface area contributed by atoms with Gasteiger partial charge in [-0.2, -0.15) is 0 Å². The monoisotopic (exact) mass is 517 g/mol. The number of unbranched alkanes of at least 4 members (excludes halogenated alkanes) is 1. The van der Waals surface area contributed by atoms with Crippen molar-refractivity contribution in [1.82, 2.24) is 16.0 Å². The average molecular weight is 518 g/mol. The minimum atomic E-state index is -1.66. The SMILES string of the molecule is NCCCCC(N)C(=O)NC(CCC(=O)O)C(=O)NC(CC(N)=O)C(=O)NC(CCC(N)=O)C(=O)O. The third-order valence-corrected chi connectivity index (χ3v) is 4.92. The van der Waals surface area contributed by atoms with Gasteiger partial charge in [-0.25, -0.2) is 4.79 Å². The molecule has 0 saturated carbocycles. The van der Waals surface area contributed by atoms with Crippen molar-refractivity contribution in [3.8, 4) is 0 Å². The molecule has 0 bridgehead atoms. The molecule has 16 nitrogen and oxygen atoms in total. The molecule has 0 fully saturated rings. The maximum Gasteiger partial charge on any atom is 0.326 e. The lowest BCUT2D eigenvalue weighted by Gasteiger charge is -2.24. The number of aliphatic carboxylic acids is 2. The van der Waals surface area contributed by atoms with Crippen LogP contribution in [0.25, 0.3) is 0 Å². The molecule has 0 spiro atoms. The Labute approximate surface area is 206 Å². The number of rotatable bonds is 19. The number of hydrogen-bond donors (Lipinski definition) is 9. The predicted molar refractivity (Wildman–Crippen MR) is 123 cm³/mol. The molecule has 0 aromatic rings. The van der Waals surface area contributed by atoms with Gasteiger partial charge in [-0.15, -0.1) is 0 Å². The quantitative estimate of drug-likeness (QED) is 0.0743. The van der Waals surface area contributed by atoms with Gasteiger partial charge in [0.2, 0.25) is 29.5 Å². The highest BCUT2D eigenvalue weighted by Crippen LogP contribution is 2.05. The molecule has 0 rings (SSSR count). The van der Waals surface area contributed by atoms with Crippen LogP contribution in [-0.2, 0) is 33.6 Å². The van der Waals surface area contributed by atoms with Gasteiger partial charge in [-0.3, -0.25) is 28.8 Å². The van der Waals surface area contributed by atoms with Crippen LogP contribution < -0.4 is 38.9 Å². The first-order valence-electron chi connectivity index (χ1n) is 11.2. The van der Waals surface area contributed by atoms with Crippen LogP contribution in [-0.4, -0.2) is 82.4 Å². The number of amides is 5. The van der Waals surface area contributed by atoms with E-state index in [0.29, 0.717) is 19.4 Å². The fourth-order valence-corrected chi connectivity index (χ4v) is 2.95. The van der Waals surface area contributed by atoms with E-state index in [1.165, 1.54) is 0 Å². The molecule has 4 atom stereocenters. The largest absolute Gasteiger partial charge is 0.481 e. The van der Waals surface area contributed by atoms with Crippen LogP contribution in [0.5, 0.6) is 0 Å². The molecule has 0 radical (unpaired) electrons. The molecule has 4 unspecified atom stereocenters. The second kappa shape index (κ2) is 16.8. The number of carbonyl (C=O) groups excluding carboxylic acids is 5. The molecule has 0 saturated heterocycles. The van der Waals surface area contributed by atoms with Crippen molar-refractivity contribution in [1.29, 1.82) is 0 Å². The lowest BCUT2D eigenvalue weighted by Crippen LogP contribution is -2.57. The number of hydrogen-bond acceptors (Lipinski definition) is 9. The second-order valence-corrected chi connectivity index (χ2v) is 8.02. The summed E-state index contributed by atoms with van der Waals surface area (Å²) in [5.74, 6) is -7.47. The van der Waals surface area contributed by atoms with Gasteiger partial charge in [-0.05, 0) is 32.2 Å². The number of carboxylic acids is 2. The number of carbonyl (C=O) groups is 7. The summed E-state index contributed by atoms with van der Waals surface area (Å²) in [6, 6.07) is -5.68. The Balaban J connectivity index is 5.53. The number of nitrogens with one attached hydrogen (secondary N) is 3. The molecule has 0 aromatic heterocycles. The van der Waals surface area contributed by atoms with Crippen molar-refractivity contribution in [3.05, 3.63) is 0 Å². The van der Waals surface area contributed by atoms with Crippen LogP contribution in [0.2, 0.25) is 0 Å². The Bertz CT molecular complexity index is 821. The first-order valence-corrected chi connectivity index (χ1v) is 11.2. The van der Waals surface area contributed by atoms with E-state index in [2.05, 4.69) is 16.0 Å². The Morgan fingerprint density at radius 3 is 1.69 bits per heavy atom. The molecular formula is C20H35N7O9. The number of carboxylic acid groups (broad SMARTS) is 2. The van der Waals surface area contributed by atoms with Crippen molar-refractivity contribution in [3.63, 3.8) is 0 Å². The summed E-state index contributed by atoms with van der Waals surface area (Å²) >= 11 is 0. The highest BCUT2D eigenvalue weighted by Gasteiger charge is 2.31. The zero-order chi connectivity index (χ0) is 27.8. The molecule has 0 aromatic carbocycles. The van der Waals surface area contributed by atoms with E-state index in [0.717, 1.165) is 0 Å². The minimum absolute atomic E-state index is 0.255.